The van der Waals surface area contributed by atoms with E-state index in [-0.39, 0.29) is 61.2 Å². The van der Waals surface area contributed by atoms with Gasteiger partial charge in [0.15, 0.2) is 5.78 Å². The molecule has 4 aromatic heterocycles. The van der Waals surface area contributed by atoms with E-state index in [1.165, 1.54) is 0 Å². The van der Waals surface area contributed by atoms with Crippen molar-refractivity contribution in [2.24, 2.45) is 16.6 Å². The molecule has 3 atom stereocenters. The Kier molecular flexibility index (Phi) is 15.0. The molecule has 8 aromatic rings. The molecule has 0 fully saturated rings. The number of hydrogen-bond donors (Lipinski definition) is 6. The summed E-state index contributed by atoms with van der Waals surface area (Å²) in [6.45, 7) is 5.13. The number of hydrogen-bond acceptors (Lipinski definition) is 9. The zero-order chi connectivity index (χ0) is 50.4. The summed E-state index contributed by atoms with van der Waals surface area (Å²) >= 11 is 6.83. The van der Waals surface area contributed by atoms with E-state index >= 15 is 4.79 Å². The molecule has 0 spiro atoms. The Morgan fingerprint density at radius 3 is 1.81 bits per heavy atom. The summed E-state index contributed by atoms with van der Waals surface area (Å²) in [5.41, 5.74) is 1.68. The van der Waals surface area contributed by atoms with Crippen molar-refractivity contribution in [3.05, 3.63) is 195 Å². The van der Waals surface area contributed by atoms with E-state index < -0.39 is 48.3 Å². The van der Waals surface area contributed by atoms with Crippen LogP contribution in [0.15, 0.2) is 166 Å². The van der Waals surface area contributed by atoms with Crippen molar-refractivity contribution in [1.29, 1.82) is 0 Å². The van der Waals surface area contributed by atoms with Crippen LogP contribution < -0.4 is 31.9 Å². The summed E-state index contributed by atoms with van der Waals surface area (Å²) < 4.78 is 21.0. The molecular formula is C53H51Br2N10O6P. The Bertz CT molecular complexity index is 3160. The normalized spacial score (nSPS) is 15.6. The standard InChI is InChI=1S/C53H51Br2N10O6P/c1-53(2,3)71-52(69)63-50-60-30-43(61-50)44-39(28-58-48(67)41-24-34(54)26-56-41)40(29-59-49(68)42-25-35(55)27-57-42)47(66)46-45(44)62-51(65(46)32-70-31-33-16-8-4-9-17-33)64-72(36-18-10-5-11-19-36,37-20-12-6-13-21-37)38-22-14-7-15-23-38/h4-27,30,39-40,44,56-57H,28-29,31-32H2,1-3H3,(H,58,67)(H,59,68)(H2,60,61,63,69)/t39-,40+,44-/m0/s1. The molecule has 3 amide bonds. The number of rotatable bonds is 16. The molecule has 4 heterocycles. The SMILES string of the molecule is CC(C)(C)OC(=O)Nc1ncc([C@H]2c3nc(N=P(c4ccccc4)(c4ccccc4)c4ccccc4)n(COCc4ccccc4)c3C(=O)[C@H](CNC(=O)c3cc(Br)c[nH]3)[C@@H]2CNC(=O)c2cc(Br)c[nH]2)[nH]1. The van der Waals surface area contributed by atoms with Crippen LogP contribution in [0.2, 0.25) is 0 Å². The third kappa shape index (κ3) is 11.0. The number of carbonyl (C=O) groups excluding carboxylic acids is 4. The second kappa shape index (κ2) is 21.7. The number of halogens is 2. The summed E-state index contributed by atoms with van der Waals surface area (Å²) in [7, 11) is -3.02. The summed E-state index contributed by atoms with van der Waals surface area (Å²) in [5, 5.41) is 11.6. The van der Waals surface area contributed by atoms with Gasteiger partial charge in [-0.2, -0.15) is 0 Å². The molecule has 0 radical (unpaired) electrons. The van der Waals surface area contributed by atoms with Gasteiger partial charge in [0.1, 0.15) is 29.4 Å². The van der Waals surface area contributed by atoms with Crippen molar-refractivity contribution >= 4 is 90.4 Å². The van der Waals surface area contributed by atoms with Gasteiger partial charge >= 0.3 is 6.09 Å². The zero-order valence-electron chi connectivity index (χ0n) is 39.4. The predicted molar refractivity (Wildman–Crippen MR) is 284 cm³/mol. The highest BCUT2D eigenvalue weighted by molar-refractivity contribution is 9.10. The number of amides is 3. The topological polar surface area (TPSA) is 213 Å². The lowest BCUT2D eigenvalue weighted by molar-refractivity contribution is 0.0585. The number of carbonyl (C=O) groups is 4. The maximum atomic E-state index is 15.9. The number of nitrogens with one attached hydrogen (secondary N) is 6. The Morgan fingerprint density at radius 1 is 0.764 bits per heavy atom. The number of H-pyrrole nitrogens is 3. The van der Waals surface area contributed by atoms with Crippen LogP contribution in [0.1, 0.15) is 75.1 Å². The van der Waals surface area contributed by atoms with Crippen LogP contribution in [-0.4, -0.2) is 71.9 Å². The molecular weight excluding hydrogens is 1060 g/mol. The molecule has 368 valence electrons. The number of imidazole rings is 2. The monoisotopic (exact) mass is 1110 g/mol. The molecule has 0 aliphatic heterocycles. The molecule has 4 aromatic carbocycles. The van der Waals surface area contributed by atoms with Crippen molar-refractivity contribution < 1.29 is 28.7 Å². The molecule has 72 heavy (non-hydrogen) atoms. The highest BCUT2D eigenvalue weighted by Gasteiger charge is 2.48. The Labute approximate surface area is 432 Å². The van der Waals surface area contributed by atoms with Crippen LogP contribution in [0.3, 0.4) is 0 Å². The van der Waals surface area contributed by atoms with Crippen molar-refractivity contribution in [1.82, 2.24) is 40.1 Å². The van der Waals surface area contributed by atoms with Crippen molar-refractivity contribution in [2.45, 2.75) is 45.6 Å². The van der Waals surface area contributed by atoms with Crippen molar-refractivity contribution in [3.8, 4) is 0 Å². The number of anilines is 1. The van der Waals surface area contributed by atoms with Crippen LogP contribution in [-0.2, 0) is 22.8 Å². The average molecular weight is 1110 g/mol. The van der Waals surface area contributed by atoms with Gasteiger partial charge in [0.05, 0.1) is 31.5 Å². The third-order valence-electron chi connectivity index (χ3n) is 12.1. The predicted octanol–water partition coefficient (Wildman–Crippen LogP) is 9.54. The second-order valence-electron chi connectivity index (χ2n) is 18.1. The molecule has 0 unspecified atom stereocenters. The molecule has 1 aliphatic rings. The molecule has 6 N–H and O–H groups in total. The summed E-state index contributed by atoms with van der Waals surface area (Å²) in [6, 6.07) is 43.2. The van der Waals surface area contributed by atoms with Crippen LogP contribution >= 0.6 is 38.9 Å². The highest BCUT2D eigenvalue weighted by atomic mass is 79.9. The average Bonchev–Trinajstić information content (AvgIpc) is 4.21. The quantitative estimate of drug-likeness (QED) is 0.0512. The minimum absolute atomic E-state index is 0.0629. The fourth-order valence-electron chi connectivity index (χ4n) is 8.89. The largest absolute Gasteiger partial charge is 0.444 e. The summed E-state index contributed by atoms with van der Waals surface area (Å²) in [6.07, 6.45) is 4.13. The lowest BCUT2D eigenvalue weighted by Crippen LogP contribution is -2.47. The number of nitrogens with zero attached hydrogens (tertiary/aromatic N) is 4. The first kappa shape index (κ1) is 49.9. The van der Waals surface area contributed by atoms with Gasteiger partial charge in [-0.25, -0.2) is 19.5 Å². The van der Waals surface area contributed by atoms with Crippen molar-refractivity contribution in [2.75, 3.05) is 18.4 Å². The maximum absolute atomic E-state index is 15.9. The first-order valence-electron chi connectivity index (χ1n) is 23.1. The minimum atomic E-state index is -3.02. The van der Waals surface area contributed by atoms with E-state index in [0.717, 1.165) is 21.5 Å². The highest BCUT2D eigenvalue weighted by Crippen LogP contribution is 2.51. The minimum Gasteiger partial charge on any atom is -0.444 e. The first-order chi connectivity index (χ1) is 34.8. The third-order valence-corrected chi connectivity index (χ3v) is 16.6. The van der Waals surface area contributed by atoms with E-state index in [0.29, 0.717) is 20.3 Å². The summed E-state index contributed by atoms with van der Waals surface area (Å²) in [5.74, 6) is -3.52. The molecule has 0 bridgehead atoms. The van der Waals surface area contributed by atoms with Gasteiger partial charge in [-0.15, -0.1) is 0 Å². The maximum Gasteiger partial charge on any atom is 0.414 e. The van der Waals surface area contributed by atoms with E-state index in [9.17, 15) is 14.4 Å². The fraction of sp³-hybridized carbons (Fsp3) is 0.208. The molecule has 0 saturated heterocycles. The van der Waals surface area contributed by atoms with Crippen LogP contribution in [0.5, 0.6) is 0 Å². The zero-order valence-corrected chi connectivity index (χ0v) is 43.5. The van der Waals surface area contributed by atoms with Gasteiger partial charge in [0.2, 0.25) is 11.9 Å². The van der Waals surface area contributed by atoms with Gasteiger partial charge in [0.25, 0.3) is 11.8 Å². The smallest absolute Gasteiger partial charge is 0.414 e. The van der Waals surface area contributed by atoms with Crippen LogP contribution in [0.25, 0.3) is 0 Å². The molecule has 0 saturated carbocycles. The number of fused-ring (bicyclic) bond motifs is 1. The number of benzene rings is 4. The number of aromatic amines is 3. The molecule has 19 heteroatoms. The van der Waals surface area contributed by atoms with Crippen molar-refractivity contribution in [3.63, 3.8) is 0 Å². The van der Waals surface area contributed by atoms with Crippen LogP contribution in [0, 0.1) is 11.8 Å². The molecule has 9 rings (SSSR count). The Balaban J connectivity index is 1.28. The van der Waals surface area contributed by atoms with Gasteiger partial charge in [-0.05, 0) is 70.3 Å². The number of Topliss-reactive ketones (excluding diaryl/α,β-unsaturated/α-hetero) is 1. The lowest BCUT2D eigenvalue weighted by Gasteiger charge is -2.36. The lowest BCUT2D eigenvalue weighted by atomic mass is 9.70. The van der Waals surface area contributed by atoms with E-state index in [4.69, 9.17) is 19.2 Å². The Morgan fingerprint density at radius 2 is 1.29 bits per heavy atom. The summed E-state index contributed by atoms with van der Waals surface area (Å²) in [4.78, 5) is 75.9. The number of ether oxygens (including phenoxy) is 2. The number of ketones is 1. The van der Waals surface area contributed by atoms with Gasteiger partial charge < -0.3 is 35.1 Å². The first-order valence-corrected chi connectivity index (χ1v) is 26.4. The van der Waals surface area contributed by atoms with Gasteiger partial charge in [-0.3, -0.25) is 24.3 Å². The molecule has 1 aliphatic carbocycles. The van der Waals surface area contributed by atoms with Crippen LogP contribution in [0.4, 0.5) is 16.7 Å². The Hall–Kier alpha value is -7.11. The fourth-order valence-corrected chi connectivity index (χ4v) is 13.1. The molecule has 16 nitrogen and oxygen atoms in total. The van der Waals surface area contributed by atoms with E-state index in [2.05, 4.69) is 104 Å². The number of aromatic nitrogens is 6. The van der Waals surface area contributed by atoms with E-state index in [1.54, 1.807) is 56.1 Å². The van der Waals surface area contributed by atoms with Gasteiger partial charge in [-0.1, -0.05) is 121 Å². The van der Waals surface area contributed by atoms with E-state index in [1.807, 2.05) is 84.9 Å². The second-order valence-corrected chi connectivity index (χ2v) is 22.9. The van der Waals surface area contributed by atoms with Gasteiger partial charge in [0, 0.05) is 67.9 Å².